The van der Waals surface area contributed by atoms with E-state index in [1.54, 1.807) is 7.11 Å². The van der Waals surface area contributed by atoms with Crippen molar-refractivity contribution in [3.63, 3.8) is 0 Å². The number of nitrogens with zero attached hydrogens (tertiary/aromatic N) is 1. The highest BCUT2D eigenvalue weighted by molar-refractivity contribution is 5.77. The highest BCUT2D eigenvalue weighted by Gasteiger charge is 2.24. The molecular formula is C9H18N2O2. The van der Waals surface area contributed by atoms with E-state index in [0.717, 1.165) is 13.1 Å². The van der Waals surface area contributed by atoms with Crippen LogP contribution in [0.1, 0.15) is 13.8 Å². The smallest absolute Gasteiger partial charge is 0.248 e. The summed E-state index contributed by atoms with van der Waals surface area (Å²) in [5.74, 6) is 0.0858. The van der Waals surface area contributed by atoms with E-state index in [9.17, 15) is 4.79 Å². The Hall–Kier alpha value is -0.610. The first-order valence-electron chi connectivity index (χ1n) is 4.66. The van der Waals surface area contributed by atoms with Gasteiger partial charge in [0.25, 0.3) is 0 Å². The summed E-state index contributed by atoms with van der Waals surface area (Å²) in [6, 6.07) is 0.758. The van der Waals surface area contributed by atoms with Crippen molar-refractivity contribution in [2.45, 2.75) is 25.9 Å². The molecule has 1 aliphatic heterocycles. The standard InChI is InChI=1S/C9H18N2O2/c1-7-4-11(5-8(2)10-7)9(12)6-13-3/h7-8,10H,4-6H2,1-3H3. The first-order chi connectivity index (χ1) is 6.13. The lowest BCUT2D eigenvalue weighted by atomic mass is 10.1. The number of ether oxygens (including phenoxy) is 1. The Morgan fingerprint density at radius 2 is 2.00 bits per heavy atom. The second-order valence-corrected chi connectivity index (χ2v) is 3.70. The lowest BCUT2D eigenvalue weighted by Crippen LogP contribution is -2.56. The second kappa shape index (κ2) is 4.58. The van der Waals surface area contributed by atoms with Crippen molar-refractivity contribution < 1.29 is 9.53 Å². The minimum Gasteiger partial charge on any atom is -0.375 e. The van der Waals surface area contributed by atoms with Gasteiger partial charge >= 0.3 is 0 Å². The predicted octanol–water partition coefficient (Wildman–Crippen LogP) is -0.158. The molecule has 0 bridgehead atoms. The molecule has 0 aromatic heterocycles. The van der Waals surface area contributed by atoms with Crippen LogP contribution in [0.5, 0.6) is 0 Å². The van der Waals surface area contributed by atoms with E-state index >= 15 is 0 Å². The summed E-state index contributed by atoms with van der Waals surface area (Å²) in [6.45, 7) is 5.93. The van der Waals surface area contributed by atoms with E-state index in [0.29, 0.717) is 12.1 Å². The maximum Gasteiger partial charge on any atom is 0.248 e. The van der Waals surface area contributed by atoms with E-state index in [-0.39, 0.29) is 12.5 Å². The zero-order valence-corrected chi connectivity index (χ0v) is 8.54. The lowest BCUT2D eigenvalue weighted by Gasteiger charge is -2.36. The van der Waals surface area contributed by atoms with E-state index in [2.05, 4.69) is 19.2 Å². The molecule has 1 saturated heterocycles. The van der Waals surface area contributed by atoms with Crippen LogP contribution in [0.25, 0.3) is 0 Å². The molecule has 0 aromatic carbocycles. The fourth-order valence-electron chi connectivity index (χ4n) is 1.75. The topological polar surface area (TPSA) is 41.6 Å². The number of nitrogens with one attached hydrogen (secondary N) is 1. The molecule has 1 heterocycles. The van der Waals surface area contributed by atoms with Crippen LogP contribution < -0.4 is 5.32 Å². The molecule has 0 aliphatic carbocycles. The number of carbonyl (C=O) groups is 1. The molecule has 76 valence electrons. The Morgan fingerprint density at radius 1 is 1.46 bits per heavy atom. The molecule has 2 atom stereocenters. The average molecular weight is 186 g/mol. The van der Waals surface area contributed by atoms with E-state index < -0.39 is 0 Å². The van der Waals surface area contributed by atoms with Gasteiger partial charge < -0.3 is 15.0 Å². The number of methoxy groups -OCH3 is 1. The lowest BCUT2D eigenvalue weighted by molar-refractivity contribution is -0.136. The molecule has 1 fully saturated rings. The van der Waals surface area contributed by atoms with Gasteiger partial charge in [-0.25, -0.2) is 0 Å². The normalized spacial score (nSPS) is 29.0. The molecule has 1 N–H and O–H groups in total. The van der Waals surface area contributed by atoms with Crippen LogP contribution in [0.3, 0.4) is 0 Å². The van der Waals surface area contributed by atoms with Crippen molar-refractivity contribution in [1.82, 2.24) is 10.2 Å². The van der Waals surface area contributed by atoms with Gasteiger partial charge in [-0.15, -0.1) is 0 Å². The molecule has 0 aromatic rings. The number of carbonyl (C=O) groups excluding carboxylic acids is 1. The van der Waals surface area contributed by atoms with Crippen LogP contribution in [0.2, 0.25) is 0 Å². The summed E-state index contributed by atoms with van der Waals surface area (Å²) in [7, 11) is 1.55. The minimum atomic E-state index is 0.0858. The molecular weight excluding hydrogens is 168 g/mol. The summed E-state index contributed by atoms with van der Waals surface area (Å²) in [5.41, 5.74) is 0. The summed E-state index contributed by atoms with van der Waals surface area (Å²) >= 11 is 0. The summed E-state index contributed by atoms with van der Waals surface area (Å²) in [5, 5.41) is 3.37. The van der Waals surface area contributed by atoms with Gasteiger partial charge in [-0.3, -0.25) is 4.79 Å². The van der Waals surface area contributed by atoms with Crippen LogP contribution in [-0.2, 0) is 9.53 Å². The monoisotopic (exact) mass is 186 g/mol. The third kappa shape index (κ3) is 2.97. The van der Waals surface area contributed by atoms with Crippen molar-refractivity contribution >= 4 is 5.91 Å². The van der Waals surface area contributed by atoms with Crippen LogP contribution in [0.4, 0.5) is 0 Å². The third-order valence-corrected chi connectivity index (χ3v) is 2.18. The maximum atomic E-state index is 11.5. The number of piperazine rings is 1. The Kier molecular flexibility index (Phi) is 3.69. The second-order valence-electron chi connectivity index (χ2n) is 3.70. The quantitative estimate of drug-likeness (QED) is 0.651. The van der Waals surface area contributed by atoms with Crippen molar-refractivity contribution in [2.24, 2.45) is 0 Å². The Balaban J connectivity index is 2.45. The summed E-state index contributed by atoms with van der Waals surface area (Å²) in [4.78, 5) is 13.3. The van der Waals surface area contributed by atoms with Crippen LogP contribution >= 0.6 is 0 Å². The average Bonchev–Trinajstić information content (AvgIpc) is 2.03. The van der Waals surface area contributed by atoms with E-state index in [1.807, 2.05) is 4.90 Å². The van der Waals surface area contributed by atoms with Crippen molar-refractivity contribution in [3.05, 3.63) is 0 Å². The molecule has 1 rings (SSSR count). The summed E-state index contributed by atoms with van der Waals surface area (Å²) < 4.78 is 4.82. The van der Waals surface area contributed by atoms with Crippen LogP contribution in [0, 0.1) is 0 Å². The van der Waals surface area contributed by atoms with Gasteiger partial charge in [0, 0.05) is 32.3 Å². The Bertz CT molecular complexity index is 174. The minimum absolute atomic E-state index is 0.0858. The molecule has 2 unspecified atom stereocenters. The molecule has 4 heteroatoms. The number of hydrogen-bond donors (Lipinski definition) is 1. The summed E-state index contributed by atoms with van der Waals surface area (Å²) in [6.07, 6.45) is 0. The van der Waals surface area contributed by atoms with Crippen LogP contribution in [0.15, 0.2) is 0 Å². The first kappa shape index (κ1) is 10.5. The fraction of sp³-hybridized carbons (Fsp3) is 0.889. The number of rotatable bonds is 2. The van der Waals surface area contributed by atoms with Gasteiger partial charge in [0.15, 0.2) is 0 Å². The van der Waals surface area contributed by atoms with Gasteiger partial charge in [0.2, 0.25) is 5.91 Å². The van der Waals surface area contributed by atoms with Gasteiger partial charge in [0.1, 0.15) is 6.61 Å². The van der Waals surface area contributed by atoms with Gasteiger partial charge in [-0.05, 0) is 13.8 Å². The van der Waals surface area contributed by atoms with Crippen molar-refractivity contribution in [2.75, 3.05) is 26.8 Å². The first-order valence-corrected chi connectivity index (χ1v) is 4.66. The zero-order chi connectivity index (χ0) is 9.84. The van der Waals surface area contributed by atoms with Gasteiger partial charge in [-0.1, -0.05) is 0 Å². The molecule has 0 radical (unpaired) electrons. The Morgan fingerprint density at radius 3 is 2.46 bits per heavy atom. The zero-order valence-electron chi connectivity index (χ0n) is 8.54. The predicted molar refractivity (Wildman–Crippen MR) is 50.5 cm³/mol. The van der Waals surface area contributed by atoms with Crippen molar-refractivity contribution in [1.29, 1.82) is 0 Å². The number of amides is 1. The number of hydrogen-bond acceptors (Lipinski definition) is 3. The highest BCUT2D eigenvalue weighted by atomic mass is 16.5. The third-order valence-electron chi connectivity index (χ3n) is 2.18. The molecule has 4 nitrogen and oxygen atoms in total. The van der Waals surface area contributed by atoms with E-state index in [4.69, 9.17) is 4.74 Å². The maximum absolute atomic E-state index is 11.5. The highest BCUT2D eigenvalue weighted by Crippen LogP contribution is 2.04. The fourth-order valence-corrected chi connectivity index (χ4v) is 1.75. The molecule has 1 aliphatic rings. The molecule has 13 heavy (non-hydrogen) atoms. The van der Waals surface area contributed by atoms with Crippen LogP contribution in [-0.4, -0.2) is 49.7 Å². The molecule has 1 amide bonds. The Labute approximate surface area is 79.2 Å². The SMILES string of the molecule is COCC(=O)N1CC(C)NC(C)C1. The largest absolute Gasteiger partial charge is 0.375 e. The van der Waals surface area contributed by atoms with Gasteiger partial charge in [0.05, 0.1) is 0 Å². The van der Waals surface area contributed by atoms with E-state index in [1.165, 1.54) is 0 Å². The van der Waals surface area contributed by atoms with Crippen molar-refractivity contribution in [3.8, 4) is 0 Å². The van der Waals surface area contributed by atoms with Gasteiger partial charge in [-0.2, -0.15) is 0 Å². The molecule has 0 saturated carbocycles. The molecule has 0 spiro atoms.